The van der Waals surface area contributed by atoms with Gasteiger partial charge in [0.05, 0.1) is 30.9 Å². The molecule has 0 unspecified atom stereocenters. The van der Waals surface area contributed by atoms with Crippen molar-refractivity contribution >= 4 is 23.2 Å². The SMILES string of the molecule is Cc1csc(C(=O)N2C[C@@H]3COC[C@]3(CC(=O)NCc3ccco3)C2)c1. The zero-order valence-corrected chi connectivity index (χ0v) is 15.5. The minimum absolute atomic E-state index is 0.0295. The van der Waals surface area contributed by atoms with Crippen LogP contribution in [0.4, 0.5) is 0 Å². The van der Waals surface area contributed by atoms with Crippen LogP contribution in [0.2, 0.25) is 0 Å². The fourth-order valence-corrected chi connectivity index (χ4v) is 4.78. The lowest BCUT2D eigenvalue weighted by atomic mass is 9.78. The van der Waals surface area contributed by atoms with Crippen LogP contribution in [0.15, 0.2) is 34.3 Å². The summed E-state index contributed by atoms with van der Waals surface area (Å²) in [5.41, 5.74) is 0.822. The molecule has 6 nitrogen and oxygen atoms in total. The highest BCUT2D eigenvalue weighted by Gasteiger charge is 2.52. The first-order valence-electron chi connectivity index (χ1n) is 8.77. The molecule has 7 heteroatoms. The van der Waals surface area contributed by atoms with Gasteiger partial charge in [0.15, 0.2) is 0 Å². The smallest absolute Gasteiger partial charge is 0.263 e. The average molecular weight is 374 g/mol. The van der Waals surface area contributed by atoms with E-state index in [0.717, 1.165) is 16.2 Å². The first-order chi connectivity index (χ1) is 12.6. The fraction of sp³-hybridized carbons (Fsp3) is 0.474. The van der Waals surface area contributed by atoms with Crippen LogP contribution in [-0.2, 0) is 16.1 Å². The standard InChI is InChI=1S/C19H22N2O4S/c1-13-5-16(26-10-13)18(23)21-8-14-9-24-12-19(14,11-21)6-17(22)20-7-15-3-2-4-25-15/h2-5,10,14H,6-9,11-12H2,1H3,(H,20,22)/t14-,19+/m1/s1. The van der Waals surface area contributed by atoms with Gasteiger partial charge in [-0.2, -0.15) is 0 Å². The zero-order chi connectivity index (χ0) is 18.1. The van der Waals surface area contributed by atoms with Gasteiger partial charge in [0.1, 0.15) is 5.76 Å². The molecule has 2 aromatic rings. The van der Waals surface area contributed by atoms with Crippen molar-refractivity contribution in [1.29, 1.82) is 0 Å². The molecule has 2 aliphatic rings. The molecule has 2 fully saturated rings. The maximum absolute atomic E-state index is 12.8. The lowest BCUT2D eigenvalue weighted by Gasteiger charge is -2.26. The molecule has 0 saturated carbocycles. The number of amides is 2. The van der Waals surface area contributed by atoms with E-state index in [0.29, 0.717) is 39.3 Å². The van der Waals surface area contributed by atoms with Crippen LogP contribution in [-0.4, -0.2) is 43.0 Å². The third kappa shape index (κ3) is 3.29. The third-order valence-corrected chi connectivity index (χ3v) is 6.34. The predicted molar refractivity (Wildman–Crippen MR) is 96.9 cm³/mol. The Morgan fingerprint density at radius 1 is 1.46 bits per heavy atom. The van der Waals surface area contributed by atoms with E-state index < -0.39 is 0 Å². The number of hydrogen-bond donors (Lipinski definition) is 1. The monoisotopic (exact) mass is 374 g/mol. The summed E-state index contributed by atoms with van der Waals surface area (Å²) in [6, 6.07) is 5.56. The molecular formula is C19H22N2O4S. The molecule has 2 saturated heterocycles. The number of aryl methyl sites for hydroxylation is 1. The van der Waals surface area contributed by atoms with Crippen molar-refractivity contribution in [2.45, 2.75) is 19.9 Å². The summed E-state index contributed by atoms with van der Waals surface area (Å²) >= 11 is 1.48. The van der Waals surface area contributed by atoms with Crippen molar-refractivity contribution in [2.75, 3.05) is 26.3 Å². The Morgan fingerprint density at radius 2 is 2.35 bits per heavy atom. The number of carbonyl (C=O) groups is 2. The number of nitrogens with one attached hydrogen (secondary N) is 1. The number of thiophene rings is 1. The molecule has 2 aromatic heterocycles. The summed E-state index contributed by atoms with van der Waals surface area (Å²) in [6.07, 6.45) is 1.96. The molecule has 138 valence electrons. The Labute approximate surface area is 156 Å². The summed E-state index contributed by atoms with van der Waals surface area (Å²) in [7, 11) is 0. The molecule has 26 heavy (non-hydrogen) atoms. The van der Waals surface area contributed by atoms with Crippen molar-refractivity contribution in [3.63, 3.8) is 0 Å². The van der Waals surface area contributed by atoms with Crippen LogP contribution in [0.25, 0.3) is 0 Å². The molecule has 4 heterocycles. The molecule has 0 aliphatic carbocycles. The van der Waals surface area contributed by atoms with Crippen molar-refractivity contribution in [3.05, 3.63) is 46.0 Å². The fourth-order valence-electron chi connectivity index (χ4n) is 3.92. The van der Waals surface area contributed by atoms with Gasteiger partial charge in [0.25, 0.3) is 5.91 Å². The van der Waals surface area contributed by atoms with Gasteiger partial charge in [-0.15, -0.1) is 11.3 Å². The van der Waals surface area contributed by atoms with E-state index in [4.69, 9.17) is 9.15 Å². The number of ether oxygens (including phenoxy) is 1. The van der Waals surface area contributed by atoms with E-state index in [9.17, 15) is 9.59 Å². The minimum atomic E-state index is -0.283. The summed E-state index contributed by atoms with van der Waals surface area (Å²) < 4.78 is 10.9. The van der Waals surface area contributed by atoms with E-state index in [2.05, 4.69) is 5.32 Å². The molecule has 0 bridgehead atoms. The molecule has 1 N–H and O–H groups in total. The number of likely N-dealkylation sites (tertiary alicyclic amines) is 1. The van der Waals surface area contributed by atoms with Crippen LogP contribution in [0, 0.1) is 18.3 Å². The largest absolute Gasteiger partial charge is 0.467 e. The second-order valence-electron chi connectivity index (χ2n) is 7.28. The number of nitrogens with zero attached hydrogens (tertiary/aromatic N) is 1. The molecule has 0 spiro atoms. The molecule has 2 aliphatic heterocycles. The average Bonchev–Trinajstić information content (AvgIpc) is 3.36. The molecule has 2 atom stereocenters. The zero-order valence-electron chi connectivity index (χ0n) is 14.7. The molecule has 0 radical (unpaired) electrons. The number of fused-ring (bicyclic) bond motifs is 1. The van der Waals surface area contributed by atoms with Crippen LogP contribution in [0.1, 0.15) is 27.4 Å². The van der Waals surface area contributed by atoms with E-state index in [1.807, 2.05) is 29.3 Å². The van der Waals surface area contributed by atoms with Crippen LogP contribution in [0.3, 0.4) is 0 Å². The first-order valence-corrected chi connectivity index (χ1v) is 9.65. The third-order valence-electron chi connectivity index (χ3n) is 5.30. The predicted octanol–water partition coefficient (Wildman–Crippen LogP) is 2.44. The Hall–Kier alpha value is -2.12. The summed E-state index contributed by atoms with van der Waals surface area (Å²) in [5.74, 6) is 0.972. The van der Waals surface area contributed by atoms with E-state index in [1.54, 1.807) is 12.3 Å². The molecular weight excluding hydrogens is 352 g/mol. The van der Waals surface area contributed by atoms with Gasteiger partial charge in [-0.25, -0.2) is 0 Å². The summed E-state index contributed by atoms with van der Waals surface area (Å²) in [6.45, 7) is 4.73. The van der Waals surface area contributed by atoms with Crippen molar-refractivity contribution in [2.24, 2.45) is 11.3 Å². The Morgan fingerprint density at radius 3 is 3.08 bits per heavy atom. The minimum Gasteiger partial charge on any atom is -0.467 e. The second-order valence-corrected chi connectivity index (χ2v) is 8.19. The van der Waals surface area contributed by atoms with Crippen molar-refractivity contribution < 1.29 is 18.7 Å². The lowest BCUT2D eigenvalue weighted by molar-refractivity contribution is -0.124. The van der Waals surface area contributed by atoms with Gasteiger partial charge in [0.2, 0.25) is 5.91 Å². The quantitative estimate of drug-likeness (QED) is 0.873. The molecule has 2 amide bonds. The highest BCUT2D eigenvalue weighted by atomic mass is 32.1. The highest BCUT2D eigenvalue weighted by Crippen LogP contribution is 2.44. The van der Waals surface area contributed by atoms with Gasteiger partial charge in [-0.05, 0) is 36.1 Å². The number of rotatable bonds is 5. The molecule has 4 rings (SSSR count). The summed E-state index contributed by atoms with van der Waals surface area (Å²) in [4.78, 5) is 27.9. The Kier molecular flexibility index (Phi) is 4.58. The molecule has 0 aromatic carbocycles. The Balaban J connectivity index is 1.41. The number of hydrogen-bond acceptors (Lipinski definition) is 5. The van der Waals surface area contributed by atoms with Gasteiger partial charge in [0, 0.05) is 30.8 Å². The maximum atomic E-state index is 12.8. The van der Waals surface area contributed by atoms with E-state index in [-0.39, 0.29) is 23.1 Å². The Bertz CT molecular complexity index is 800. The van der Waals surface area contributed by atoms with Gasteiger partial charge >= 0.3 is 0 Å². The first kappa shape index (κ1) is 17.3. The maximum Gasteiger partial charge on any atom is 0.263 e. The van der Waals surface area contributed by atoms with Gasteiger partial charge in [-0.3, -0.25) is 9.59 Å². The second kappa shape index (κ2) is 6.89. The lowest BCUT2D eigenvalue weighted by Crippen LogP contribution is -2.38. The van der Waals surface area contributed by atoms with Gasteiger partial charge < -0.3 is 19.4 Å². The van der Waals surface area contributed by atoms with Crippen LogP contribution in [0.5, 0.6) is 0 Å². The van der Waals surface area contributed by atoms with Crippen molar-refractivity contribution in [1.82, 2.24) is 10.2 Å². The van der Waals surface area contributed by atoms with Crippen LogP contribution < -0.4 is 5.32 Å². The van der Waals surface area contributed by atoms with Crippen molar-refractivity contribution in [3.8, 4) is 0 Å². The summed E-state index contributed by atoms with van der Waals surface area (Å²) in [5, 5.41) is 4.90. The van der Waals surface area contributed by atoms with E-state index in [1.165, 1.54) is 11.3 Å². The number of carbonyl (C=O) groups excluding carboxylic acids is 2. The van der Waals surface area contributed by atoms with Crippen LogP contribution >= 0.6 is 11.3 Å². The van der Waals surface area contributed by atoms with Gasteiger partial charge in [-0.1, -0.05) is 0 Å². The highest BCUT2D eigenvalue weighted by molar-refractivity contribution is 7.12. The normalized spacial score (nSPS) is 24.7. The number of furan rings is 1. The topological polar surface area (TPSA) is 71.8 Å². The van der Waals surface area contributed by atoms with E-state index >= 15 is 0 Å².